The number of piperidine rings is 1. The van der Waals surface area contributed by atoms with Crippen molar-refractivity contribution in [2.45, 2.75) is 38.4 Å². The van der Waals surface area contributed by atoms with Crippen LogP contribution in [0.1, 0.15) is 31.7 Å². The molecule has 132 valence electrons. The number of hydrogen-bond acceptors (Lipinski definition) is 3. The molecule has 0 radical (unpaired) electrons. The fourth-order valence-corrected chi connectivity index (χ4v) is 3.60. The van der Waals surface area contributed by atoms with E-state index >= 15 is 0 Å². The molecule has 3 rings (SSSR count). The molecule has 2 amide bonds. The predicted molar refractivity (Wildman–Crippen MR) is 92.8 cm³/mol. The maximum Gasteiger partial charge on any atom is 0.317 e. The zero-order valence-corrected chi connectivity index (χ0v) is 14.5. The predicted octanol–water partition coefficient (Wildman–Crippen LogP) is 2.80. The van der Waals surface area contributed by atoms with E-state index in [0.29, 0.717) is 26.3 Å². The van der Waals surface area contributed by atoms with Crippen molar-refractivity contribution in [2.75, 3.05) is 32.8 Å². The molecule has 0 spiro atoms. The molecule has 5 heteroatoms. The minimum atomic E-state index is -0.522. The van der Waals surface area contributed by atoms with Crippen molar-refractivity contribution in [2.24, 2.45) is 5.92 Å². The van der Waals surface area contributed by atoms with Crippen LogP contribution in [0.15, 0.2) is 30.3 Å². The fourth-order valence-electron chi connectivity index (χ4n) is 3.60. The first-order chi connectivity index (χ1) is 11.7. The quantitative estimate of drug-likeness (QED) is 0.844. The van der Waals surface area contributed by atoms with Crippen molar-refractivity contribution in [3.63, 3.8) is 0 Å². The molecule has 0 aliphatic carbocycles. The van der Waals surface area contributed by atoms with Crippen LogP contribution in [-0.2, 0) is 15.9 Å². The largest absolute Gasteiger partial charge is 0.347 e. The van der Waals surface area contributed by atoms with E-state index in [9.17, 15) is 4.79 Å². The summed E-state index contributed by atoms with van der Waals surface area (Å²) in [4.78, 5) is 14.3. The molecular formula is C19H28N2O3. The van der Waals surface area contributed by atoms with E-state index in [1.54, 1.807) is 0 Å². The summed E-state index contributed by atoms with van der Waals surface area (Å²) in [6.07, 6.45) is 4.00. The second-order valence-electron chi connectivity index (χ2n) is 6.82. The lowest BCUT2D eigenvalue weighted by atomic mass is 9.90. The Kier molecular flexibility index (Phi) is 5.74. The number of ether oxygens (including phenoxy) is 2. The van der Waals surface area contributed by atoms with Crippen molar-refractivity contribution in [1.82, 2.24) is 10.2 Å². The molecule has 1 atom stereocenters. The SMILES string of the molecule is CC1([C@H]2CCCN(C(=O)NCCCc3ccccc3)C2)OCCO1. The van der Waals surface area contributed by atoms with Crippen molar-refractivity contribution >= 4 is 6.03 Å². The number of hydrogen-bond donors (Lipinski definition) is 1. The molecule has 2 saturated heterocycles. The van der Waals surface area contributed by atoms with Crippen LogP contribution < -0.4 is 5.32 Å². The van der Waals surface area contributed by atoms with E-state index in [2.05, 4.69) is 29.6 Å². The van der Waals surface area contributed by atoms with E-state index in [-0.39, 0.29) is 11.9 Å². The lowest BCUT2D eigenvalue weighted by Gasteiger charge is -2.39. The molecule has 24 heavy (non-hydrogen) atoms. The first-order valence-corrected chi connectivity index (χ1v) is 9.02. The summed E-state index contributed by atoms with van der Waals surface area (Å²) in [6, 6.07) is 10.4. The summed E-state index contributed by atoms with van der Waals surface area (Å²) in [7, 11) is 0. The highest BCUT2D eigenvalue weighted by Gasteiger charge is 2.42. The number of likely N-dealkylation sites (tertiary alicyclic amines) is 1. The van der Waals surface area contributed by atoms with Crippen LogP contribution in [0.4, 0.5) is 4.79 Å². The third-order valence-electron chi connectivity index (χ3n) is 5.07. The number of carbonyl (C=O) groups excluding carboxylic acids is 1. The Balaban J connectivity index is 1.41. The van der Waals surface area contributed by atoms with Gasteiger partial charge in [0, 0.05) is 25.6 Å². The standard InChI is InChI=1S/C19H28N2O3/c1-19(23-13-14-24-19)17-10-6-12-21(15-17)18(22)20-11-5-9-16-7-3-2-4-8-16/h2-4,7-8,17H,5-6,9-15H2,1H3,(H,20,22)/t17-/m0/s1. The second kappa shape index (κ2) is 7.99. The summed E-state index contributed by atoms with van der Waals surface area (Å²) in [5.41, 5.74) is 1.31. The number of aryl methyl sites for hydroxylation is 1. The van der Waals surface area contributed by atoms with Gasteiger partial charge in [-0.1, -0.05) is 30.3 Å². The molecule has 1 aromatic rings. The highest BCUT2D eigenvalue weighted by molar-refractivity contribution is 5.74. The molecule has 1 N–H and O–H groups in total. The van der Waals surface area contributed by atoms with E-state index < -0.39 is 5.79 Å². The number of carbonyl (C=O) groups is 1. The third kappa shape index (κ3) is 4.28. The molecule has 0 unspecified atom stereocenters. The van der Waals surface area contributed by atoms with Crippen molar-refractivity contribution in [1.29, 1.82) is 0 Å². The van der Waals surface area contributed by atoms with Gasteiger partial charge < -0.3 is 19.7 Å². The zero-order valence-electron chi connectivity index (χ0n) is 14.5. The maximum atomic E-state index is 12.4. The van der Waals surface area contributed by atoms with Crippen molar-refractivity contribution in [3.8, 4) is 0 Å². The van der Waals surface area contributed by atoms with E-state index in [4.69, 9.17) is 9.47 Å². The Labute approximate surface area is 144 Å². The van der Waals surface area contributed by atoms with Gasteiger partial charge in [0.2, 0.25) is 0 Å². The summed E-state index contributed by atoms with van der Waals surface area (Å²) in [5.74, 6) is -0.268. The van der Waals surface area contributed by atoms with Crippen LogP contribution in [0.2, 0.25) is 0 Å². The van der Waals surface area contributed by atoms with E-state index in [1.807, 2.05) is 17.9 Å². The van der Waals surface area contributed by atoms with Crippen molar-refractivity contribution < 1.29 is 14.3 Å². The van der Waals surface area contributed by atoms with Crippen LogP contribution >= 0.6 is 0 Å². The lowest BCUT2D eigenvalue weighted by molar-refractivity contribution is -0.189. The van der Waals surface area contributed by atoms with E-state index in [0.717, 1.165) is 32.2 Å². The Bertz CT molecular complexity index is 529. The van der Waals surface area contributed by atoms with Gasteiger partial charge in [-0.3, -0.25) is 0 Å². The summed E-state index contributed by atoms with van der Waals surface area (Å²) >= 11 is 0. The summed E-state index contributed by atoms with van der Waals surface area (Å²) in [6.45, 7) is 5.54. The van der Waals surface area contributed by atoms with Crippen molar-refractivity contribution in [3.05, 3.63) is 35.9 Å². The first kappa shape index (κ1) is 17.2. The smallest absolute Gasteiger partial charge is 0.317 e. The van der Waals surface area contributed by atoms with E-state index in [1.165, 1.54) is 5.56 Å². The van der Waals surface area contributed by atoms with Gasteiger partial charge in [-0.15, -0.1) is 0 Å². The summed E-state index contributed by atoms with van der Waals surface area (Å²) in [5, 5.41) is 3.05. The molecule has 0 bridgehead atoms. The average Bonchev–Trinajstić information content (AvgIpc) is 3.07. The van der Waals surface area contributed by atoms with Crippen LogP contribution in [0.5, 0.6) is 0 Å². The first-order valence-electron chi connectivity index (χ1n) is 9.02. The monoisotopic (exact) mass is 332 g/mol. The van der Waals surface area contributed by atoms with Gasteiger partial charge in [0.05, 0.1) is 13.2 Å². The van der Waals surface area contributed by atoms with Gasteiger partial charge in [0.25, 0.3) is 0 Å². The van der Waals surface area contributed by atoms with Gasteiger partial charge in [-0.2, -0.15) is 0 Å². The lowest BCUT2D eigenvalue weighted by Crippen LogP contribution is -2.51. The Hall–Kier alpha value is -1.59. The molecule has 2 aliphatic heterocycles. The fraction of sp³-hybridized carbons (Fsp3) is 0.632. The maximum absolute atomic E-state index is 12.4. The summed E-state index contributed by atoms with van der Waals surface area (Å²) < 4.78 is 11.5. The van der Waals surface area contributed by atoms with Gasteiger partial charge in [-0.25, -0.2) is 4.79 Å². The van der Waals surface area contributed by atoms with Gasteiger partial charge in [0.15, 0.2) is 5.79 Å². The van der Waals surface area contributed by atoms with Crippen LogP contribution in [0, 0.1) is 5.92 Å². The minimum absolute atomic E-state index is 0.0364. The Morgan fingerprint density at radius 2 is 2.04 bits per heavy atom. The molecule has 1 aromatic carbocycles. The normalized spacial score (nSPS) is 23.2. The van der Waals surface area contributed by atoms with Gasteiger partial charge in [0.1, 0.15) is 0 Å². The molecule has 2 aliphatic rings. The number of nitrogens with zero attached hydrogens (tertiary/aromatic N) is 1. The average molecular weight is 332 g/mol. The minimum Gasteiger partial charge on any atom is -0.347 e. The number of amides is 2. The second-order valence-corrected chi connectivity index (χ2v) is 6.82. The Morgan fingerprint density at radius 3 is 2.79 bits per heavy atom. The number of rotatable bonds is 5. The molecule has 2 heterocycles. The number of nitrogens with one attached hydrogen (secondary N) is 1. The molecule has 5 nitrogen and oxygen atoms in total. The third-order valence-corrected chi connectivity index (χ3v) is 5.07. The zero-order chi connectivity index (χ0) is 16.8. The van der Waals surface area contributed by atoms with Crippen LogP contribution in [0.3, 0.4) is 0 Å². The molecular weight excluding hydrogens is 304 g/mol. The van der Waals surface area contributed by atoms with Crippen LogP contribution in [-0.4, -0.2) is 49.6 Å². The molecule has 0 saturated carbocycles. The Morgan fingerprint density at radius 1 is 1.29 bits per heavy atom. The number of urea groups is 1. The highest BCUT2D eigenvalue weighted by atomic mass is 16.7. The van der Waals surface area contributed by atoms with Gasteiger partial charge in [-0.05, 0) is 38.2 Å². The molecule has 2 fully saturated rings. The topological polar surface area (TPSA) is 50.8 Å². The molecule has 0 aromatic heterocycles. The highest BCUT2D eigenvalue weighted by Crippen LogP contribution is 2.33. The van der Waals surface area contributed by atoms with Gasteiger partial charge >= 0.3 is 6.03 Å². The number of benzene rings is 1. The van der Waals surface area contributed by atoms with Crippen LogP contribution in [0.25, 0.3) is 0 Å².